The molecule has 34 heavy (non-hydrogen) atoms. The van der Waals surface area contributed by atoms with Crippen LogP contribution in [0.4, 0.5) is 0 Å². The van der Waals surface area contributed by atoms with Crippen LogP contribution in [0.15, 0.2) is 114 Å². The van der Waals surface area contributed by atoms with Gasteiger partial charge in [-0.1, -0.05) is 91.0 Å². The number of aromatic nitrogens is 2. The van der Waals surface area contributed by atoms with E-state index in [0.29, 0.717) is 17.5 Å². The topological polar surface area (TPSA) is 61.2 Å². The molecule has 5 nitrogen and oxygen atoms in total. The average Bonchev–Trinajstić information content (AvgIpc) is 2.90. The number of benzene rings is 4. The van der Waals surface area contributed by atoms with E-state index in [4.69, 9.17) is 9.84 Å². The van der Waals surface area contributed by atoms with E-state index in [9.17, 15) is 9.59 Å². The van der Waals surface area contributed by atoms with Crippen LogP contribution in [0.2, 0.25) is 0 Å². The summed E-state index contributed by atoms with van der Waals surface area (Å²) in [7, 11) is 0. The number of ether oxygens (including phenoxy) is 1. The molecule has 0 radical (unpaired) electrons. The Morgan fingerprint density at radius 1 is 0.706 bits per heavy atom. The van der Waals surface area contributed by atoms with Gasteiger partial charge in [0.15, 0.2) is 0 Å². The number of esters is 1. The first-order valence-electron chi connectivity index (χ1n) is 11.0. The molecule has 0 saturated heterocycles. The summed E-state index contributed by atoms with van der Waals surface area (Å²) < 4.78 is 6.88. The highest BCUT2D eigenvalue weighted by Crippen LogP contribution is 2.24. The molecule has 5 rings (SSSR count). The molecular formula is C29H22N2O3. The number of fused-ring (bicyclic) bond motifs is 1. The molecule has 0 aliphatic heterocycles. The fourth-order valence-corrected chi connectivity index (χ4v) is 3.88. The Hall–Kier alpha value is -4.51. The first-order chi connectivity index (χ1) is 16.7. The maximum absolute atomic E-state index is 13.1. The quantitative estimate of drug-likeness (QED) is 0.325. The second kappa shape index (κ2) is 9.55. The van der Waals surface area contributed by atoms with Crippen LogP contribution in [0.25, 0.3) is 22.0 Å². The van der Waals surface area contributed by atoms with Gasteiger partial charge in [-0.15, -0.1) is 0 Å². The molecule has 166 valence electrons. The predicted molar refractivity (Wildman–Crippen MR) is 133 cm³/mol. The summed E-state index contributed by atoms with van der Waals surface area (Å²) in [6.45, 7) is 0.517. The molecule has 0 N–H and O–H groups in total. The van der Waals surface area contributed by atoms with Crippen molar-refractivity contribution >= 4 is 16.7 Å². The lowest BCUT2D eigenvalue weighted by Gasteiger charge is -2.12. The second-order valence-corrected chi connectivity index (χ2v) is 7.98. The molecule has 0 aliphatic rings. The third kappa shape index (κ3) is 4.50. The van der Waals surface area contributed by atoms with Crippen molar-refractivity contribution in [2.75, 3.05) is 0 Å². The van der Waals surface area contributed by atoms with Gasteiger partial charge >= 0.3 is 5.97 Å². The van der Waals surface area contributed by atoms with E-state index in [2.05, 4.69) is 0 Å². The Balaban J connectivity index is 1.39. The second-order valence-electron chi connectivity index (χ2n) is 7.98. The molecule has 0 spiro atoms. The summed E-state index contributed by atoms with van der Waals surface area (Å²) in [6, 6.07) is 34.0. The lowest BCUT2D eigenvalue weighted by Crippen LogP contribution is -2.24. The van der Waals surface area contributed by atoms with Crippen LogP contribution >= 0.6 is 0 Å². The molecule has 0 saturated carbocycles. The van der Waals surface area contributed by atoms with Gasteiger partial charge in [-0.3, -0.25) is 4.79 Å². The maximum atomic E-state index is 13.1. The van der Waals surface area contributed by atoms with Crippen molar-refractivity contribution in [3.8, 4) is 11.3 Å². The zero-order valence-electron chi connectivity index (χ0n) is 18.4. The Morgan fingerprint density at radius 3 is 2.03 bits per heavy atom. The van der Waals surface area contributed by atoms with Crippen molar-refractivity contribution in [1.29, 1.82) is 0 Å². The predicted octanol–water partition coefficient (Wildman–Crippen LogP) is 5.47. The Bertz CT molecular complexity index is 1490. The van der Waals surface area contributed by atoms with Crippen molar-refractivity contribution in [1.82, 2.24) is 9.78 Å². The van der Waals surface area contributed by atoms with E-state index in [-0.39, 0.29) is 18.1 Å². The largest absolute Gasteiger partial charge is 0.457 e. The fourth-order valence-electron chi connectivity index (χ4n) is 3.88. The number of carbonyl (C=O) groups is 1. The van der Waals surface area contributed by atoms with Crippen LogP contribution in [-0.2, 0) is 17.9 Å². The maximum Gasteiger partial charge on any atom is 0.338 e. The molecule has 0 atom stereocenters. The molecule has 0 aliphatic carbocycles. The lowest BCUT2D eigenvalue weighted by atomic mass is 10.1. The van der Waals surface area contributed by atoms with E-state index in [1.165, 1.54) is 4.68 Å². The van der Waals surface area contributed by atoms with Crippen LogP contribution in [0.5, 0.6) is 0 Å². The van der Waals surface area contributed by atoms with Gasteiger partial charge in [0.25, 0.3) is 5.56 Å². The van der Waals surface area contributed by atoms with Gasteiger partial charge in [0, 0.05) is 10.9 Å². The highest BCUT2D eigenvalue weighted by Gasteiger charge is 2.13. The number of nitrogens with zero attached hydrogens (tertiary/aromatic N) is 2. The smallest absolute Gasteiger partial charge is 0.338 e. The Morgan fingerprint density at radius 2 is 1.32 bits per heavy atom. The van der Waals surface area contributed by atoms with E-state index in [1.54, 1.807) is 12.1 Å². The van der Waals surface area contributed by atoms with Crippen LogP contribution < -0.4 is 5.56 Å². The molecule has 0 fully saturated rings. The monoisotopic (exact) mass is 446 g/mol. The molecule has 5 heteroatoms. The first kappa shape index (κ1) is 21.3. The summed E-state index contributed by atoms with van der Waals surface area (Å²) in [5.74, 6) is -0.386. The van der Waals surface area contributed by atoms with E-state index < -0.39 is 0 Å². The van der Waals surface area contributed by atoms with Gasteiger partial charge < -0.3 is 4.74 Å². The van der Waals surface area contributed by atoms with Crippen LogP contribution in [0, 0.1) is 0 Å². The van der Waals surface area contributed by atoms with E-state index >= 15 is 0 Å². The van der Waals surface area contributed by atoms with Crippen LogP contribution in [0.3, 0.4) is 0 Å². The van der Waals surface area contributed by atoms with Crippen molar-refractivity contribution < 1.29 is 9.53 Å². The fraction of sp³-hybridized carbons (Fsp3) is 0.0690. The van der Waals surface area contributed by atoms with Gasteiger partial charge in [0.2, 0.25) is 0 Å². The SMILES string of the molecule is O=C(OCc1ccccc1)c1ccc(Cn2nc(-c3ccccc3)c3ccccc3c2=O)cc1. The number of hydrogen-bond donors (Lipinski definition) is 0. The minimum absolute atomic E-state index is 0.151. The van der Waals surface area contributed by atoms with Crippen LogP contribution in [-0.4, -0.2) is 15.7 Å². The number of carbonyl (C=O) groups excluding carboxylic acids is 1. The van der Waals surface area contributed by atoms with E-state index in [0.717, 1.165) is 27.8 Å². The highest BCUT2D eigenvalue weighted by molar-refractivity contribution is 5.93. The minimum atomic E-state index is -0.386. The van der Waals surface area contributed by atoms with Crippen molar-refractivity contribution in [3.63, 3.8) is 0 Å². The molecule has 1 heterocycles. The summed E-state index contributed by atoms with van der Waals surface area (Å²) in [4.78, 5) is 25.5. The summed E-state index contributed by atoms with van der Waals surface area (Å²) >= 11 is 0. The van der Waals surface area contributed by atoms with Crippen LogP contribution in [0.1, 0.15) is 21.5 Å². The minimum Gasteiger partial charge on any atom is -0.457 e. The number of rotatable bonds is 6. The van der Waals surface area contributed by atoms with Crippen molar-refractivity contribution in [2.24, 2.45) is 0 Å². The number of hydrogen-bond acceptors (Lipinski definition) is 4. The molecular weight excluding hydrogens is 424 g/mol. The van der Waals surface area contributed by atoms with Crippen molar-refractivity contribution in [2.45, 2.75) is 13.2 Å². The molecule has 4 aromatic carbocycles. The van der Waals surface area contributed by atoms with Gasteiger partial charge in [0.1, 0.15) is 6.61 Å². The summed E-state index contributed by atoms with van der Waals surface area (Å²) in [5.41, 5.74) is 3.82. The van der Waals surface area contributed by atoms with Gasteiger partial charge in [0.05, 0.1) is 23.2 Å². The Kier molecular flexibility index (Phi) is 5.99. The molecule has 0 bridgehead atoms. The molecule has 0 unspecified atom stereocenters. The molecule has 1 aromatic heterocycles. The molecule has 5 aromatic rings. The van der Waals surface area contributed by atoms with Gasteiger partial charge in [-0.25, -0.2) is 9.48 Å². The first-order valence-corrected chi connectivity index (χ1v) is 11.0. The zero-order valence-corrected chi connectivity index (χ0v) is 18.4. The third-order valence-corrected chi connectivity index (χ3v) is 5.65. The third-order valence-electron chi connectivity index (χ3n) is 5.65. The Labute approximate surface area is 196 Å². The van der Waals surface area contributed by atoms with E-state index in [1.807, 2.05) is 97.1 Å². The standard InChI is InChI=1S/C29H22N2O3/c32-28-26-14-8-7-13-25(26)27(23-11-5-2-6-12-23)30-31(28)19-21-15-17-24(18-16-21)29(33)34-20-22-9-3-1-4-10-22/h1-18H,19-20H2. The average molecular weight is 447 g/mol. The molecule has 0 amide bonds. The van der Waals surface area contributed by atoms with Crippen molar-refractivity contribution in [3.05, 3.63) is 136 Å². The normalized spacial score (nSPS) is 10.8. The van der Waals surface area contributed by atoms with Gasteiger partial charge in [-0.05, 0) is 29.3 Å². The summed E-state index contributed by atoms with van der Waals surface area (Å²) in [5, 5.41) is 6.15. The lowest BCUT2D eigenvalue weighted by molar-refractivity contribution is 0.0472. The summed E-state index contributed by atoms with van der Waals surface area (Å²) in [6.07, 6.45) is 0. The highest BCUT2D eigenvalue weighted by atomic mass is 16.5. The van der Waals surface area contributed by atoms with Gasteiger partial charge in [-0.2, -0.15) is 5.10 Å². The zero-order chi connectivity index (χ0) is 23.3.